The smallest absolute Gasteiger partial charge is 0.237 e. The van der Waals surface area contributed by atoms with Gasteiger partial charge in [-0.1, -0.05) is 36.0 Å². The second kappa shape index (κ2) is 8.88. The minimum atomic E-state index is -0.385. The molecule has 7 nitrogen and oxygen atoms in total. The lowest BCUT2D eigenvalue weighted by Crippen LogP contribution is -2.23. The number of amides is 1. The molecule has 1 heterocycles. The number of nitrogens with zero attached hydrogens (tertiary/aromatic N) is 4. The minimum Gasteiger partial charge on any atom is -0.492 e. The average Bonchev–Trinajstić information content (AvgIpc) is 3.13. The number of thioether (sulfide) groups is 1. The normalized spacial score (nSPS) is 11.9. The number of anilines is 1. The fraction of sp³-hybridized carbons (Fsp3) is 0.300. The molecule has 0 bridgehead atoms. The molecular weight excluding hydrogens is 374 g/mol. The third kappa shape index (κ3) is 4.51. The number of nitrogens with one attached hydrogen (secondary N) is 1. The van der Waals surface area contributed by atoms with Crippen LogP contribution in [0, 0.1) is 13.8 Å². The maximum Gasteiger partial charge on any atom is 0.237 e. The number of carbonyl (C=O) groups excluding carboxylic acids is 1. The molecule has 3 rings (SSSR count). The fourth-order valence-electron chi connectivity index (χ4n) is 2.63. The van der Waals surface area contributed by atoms with Crippen LogP contribution in [0.15, 0.2) is 47.6 Å². The van der Waals surface area contributed by atoms with E-state index in [9.17, 15) is 4.79 Å². The number of aryl methyl sites for hydroxylation is 2. The van der Waals surface area contributed by atoms with Crippen LogP contribution in [-0.2, 0) is 4.79 Å². The Kier molecular flexibility index (Phi) is 6.30. The van der Waals surface area contributed by atoms with Crippen LogP contribution in [0.4, 0.5) is 5.69 Å². The summed E-state index contributed by atoms with van der Waals surface area (Å²) in [7, 11) is 0. The number of benzene rings is 2. The summed E-state index contributed by atoms with van der Waals surface area (Å²) < 4.78 is 7.26. The zero-order chi connectivity index (χ0) is 20.1. The van der Waals surface area contributed by atoms with Crippen molar-refractivity contribution in [3.63, 3.8) is 0 Å². The first kappa shape index (κ1) is 19.9. The van der Waals surface area contributed by atoms with Crippen LogP contribution in [0.1, 0.15) is 25.0 Å². The molecule has 0 saturated carbocycles. The molecule has 0 aliphatic heterocycles. The highest BCUT2D eigenvalue weighted by molar-refractivity contribution is 8.00. The lowest BCUT2D eigenvalue weighted by molar-refractivity contribution is -0.115. The van der Waals surface area contributed by atoms with Crippen LogP contribution in [0.3, 0.4) is 0 Å². The van der Waals surface area contributed by atoms with Gasteiger partial charge in [0.1, 0.15) is 11.4 Å². The molecule has 1 unspecified atom stereocenters. The van der Waals surface area contributed by atoms with Gasteiger partial charge in [-0.25, -0.2) is 0 Å². The molecule has 0 saturated heterocycles. The van der Waals surface area contributed by atoms with Crippen LogP contribution in [0.5, 0.6) is 5.75 Å². The molecule has 1 N–H and O–H groups in total. The van der Waals surface area contributed by atoms with Gasteiger partial charge in [0.15, 0.2) is 0 Å². The quantitative estimate of drug-likeness (QED) is 0.611. The van der Waals surface area contributed by atoms with Gasteiger partial charge >= 0.3 is 0 Å². The number of aromatic nitrogens is 4. The molecule has 0 aliphatic rings. The van der Waals surface area contributed by atoms with Gasteiger partial charge in [0.2, 0.25) is 11.1 Å². The Bertz CT molecular complexity index is 973. The molecule has 2 aromatic carbocycles. The van der Waals surface area contributed by atoms with Gasteiger partial charge in [-0.15, -0.1) is 5.10 Å². The Labute approximate surface area is 168 Å². The highest BCUT2D eigenvalue weighted by Gasteiger charge is 2.21. The summed E-state index contributed by atoms with van der Waals surface area (Å²) in [5.41, 5.74) is 3.67. The van der Waals surface area contributed by atoms with E-state index in [0.717, 1.165) is 22.5 Å². The van der Waals surface area contributed by atoms with Crippen molar-refractivity contribution < 1.29 is 9.53 Å². The second-order valence-electron chi connectivity index (χ2n) is 6.34. The lowest BCUT2D eigenvalue weighted by Gasteiger charge is -2.14. The van der Waals surface area contributed by atoms with E-state index in [2.05, 4.69) is 20.8 Å². The number of hydrogen-bond donors (Lipinski definition) is 1. The topological polar surface area (TPSA) is 81.9 Å². The van der Waals surface area contributed by atoms with Crippen molar-refractivity contribution in [3.05, 3.63) is 53.6 Å². The van der Waals surface area contributed by atoms with Crippen LogP contribution in [0.25, 0.3) is 5.69 Å². The number of para-hydroxylation sites is 2. The summed E-state index contributed by atoms with van der Waals surface area (Å²) in [5, 5.41) is 15.1. The Morgan fingerprint density at radius 2 is 2.04 bits per heavy atom. The number of tetrazole rings is 1. The lowest BCUT2D eigenvalue weighted by atomic mass is 10.1. The predicted molar refractivity (Wildman–Crippen MR) is 110 cm³/mol. The van der Waals surface area contributed by atoms with Gasteiger partial charge in [-0.05, 0) is 67.4 Å². The number of hydrogen-bond acceptors (Lipinski definition) is 6. The molecule has 1 aromatic heterocycles. The van der Waals surface area contributed by atoms with Crippen LogP contribution < -0.4 is 10.1 Å². The van der Waals surface area contributed by atoms with E-state index >= 15 is 0 Å². The first-order valence-electron chi connectivity index (χ1n) is 9.05. The molecule has 8 heteroatoms. The molecule has 0 fully saturated rings. The van der Waals surface area contributed by atoms with Gasteiger partial charge in [0.05, 0.1) is 11.9 Å². The summed E-state index contributed by atoms with van der Waals surface area (Å²) in [5.74, 6) is 0.581. The van der Waals surface area contributed by atoms with Gasteiger partial charge < -0.3 is 10.1 Å². The van der Waals surface area contributed by atoms with Crippen molar-refractivity contribution in [2.75, 3.05) is 11.9 Å². The van der Waals surface area contributed by atoms with Crippen molar-refractivity contribution >= 4 is 23.4 Å². The second-order valence-corrected chi connectivity index (χ2v) is 7.65. The number of ether oxygens (including phenoxy) is 1. The summed E-state index contributed by atoms with van der Waals surface area (Å²) in [4.78, 5) is 12.7. The molecule has 28 heavy (non-hydrogen) atoms. The molecule has 0 radical (unpaired) electrons. The van der Waals surface area contributed by atoms with Crippen molar-refractivity contribution in [2.24, 2.45) is 0 Å². The first-order valence-corrected chi connectivity index (χ1v) is 9.93. The van der Waals surface area contributed by atoms with E-state index in [4.69, 9.17) is 4.74 Å². The van der Waals surface area contributed by atoms with E-state index < -0.39 is 0 Å². The zero-order valence-corrected chi connectivity index (χ0v) is 17.2. The largest absolute Gasteiger partial charge is 0.492 e. The fourth-order valence-corrected chi connectivity index (χ4v) is 3.43. The van der Waals surface area contributed by atoms with Gasteiger partial charge in [-0.3, -0.25) is 4.79 Å². The van der Waals surface area contributed by atoms with E-state index in [0.29, 0.717) is 17.5 Å². The Morgan fingerprint density at radius 3 is 2.82 bits per heavy atom. The summed E-state index contributed by atoms with van der Waals surface area (Å²) in [6.45, 7) is 8.26. The first-order chi connectivity index (χ1) is 13.5. The number of carbonyl (C=O) groups is 1. The standard InChI is InChI=1S/C20H23N5O2S/c1-5-27-18-9-7-6-8-17(18)25-20(22-23-24-25)28-15(4)19(26)21-16-12-13(2)10-11-14(16)3/h6-12,15H,5H2,1-4H3,(H,21,26). The van der Waals surface area contributed by atoms with E-state index in [1.807, 2.05) is 70.2 Å². The Hall–Kier alpha value is -2.87. The van der Waals surface area contributed by atoms with Gasteiger partial charge in [0, 0.05) is 5.69 Å². The van der Waals surface area contributed by atoms with Crippen LogP contribution >= 0.6 is 11.8 Å². The summed E-state index contributed by atoms with van der Waals surface area (Å²) >= 11 is 1.30. The van der Waals surface area contributed by atoms with E-state index in [-0.39, 0.29) is 11.2 Å². The van der Waals surface area contributed by atoms with Crippen molar-refractivity contribution in [1.82, 2.24) is 20.2 Å². The molecule has 0 spiro atoms. The molecular formula is C20H23N5O2S. The van der Waals surface area contributed by atoms with Crippen LogP contribution in [0.2, 0.25) is 0 Å². The molecule has 1 amide bonds. The number of rotatable bonds is 7. The highest BCUT2D eigenvalue weighted by atomic mass is 32.2. The molecule has 3 aromatic rings. The van der Waals surface area contributed by atoms with E-state index in [1.165, 1.54) is 11.8 Å². The molecule has 1 atom stereocenters. The van der Waals surface area contributed by atoms with Gasteiger partial charge in [-0.2, -0.15) is 4.68 Å². The maximum absolute atomic E-state index is 12.7. The highest BCUT2D eigenvalue weighted by Crippen LogP contribution is 2.28. The van der Waals surface area contributed by atoms with Crippen molar-refractivity contribution in [2.45, 2.75) is 38.1 Å². The average molecular weight is 398 g/mol. The SMILES string of the molecule is CCOc1ccccc1-n1nnnc1SC(C)C(=O)Nc1cc(C)ccc1C. The van der Waals surface area contributed by atoms with Crippen molar-refractivity contribution in [1.29, 1.82) is 0 Å². The maximum atomic E-state index is 12.7. The summed E-state index contributed by atoms with van der Waals surface area (Å²) in [6.07, 6.45) is 0. The Morgan fingerprint density at radius 1 is 1.25 bits per heavy atom. The molecule has 146 valence electrons. The van der Waals surface area contributed by atoms with Gasteiger partial charge in [0.25, 0.3) is 0 Å². The van der Waals surface area contributed by atoms with E-state index in [1.54, 1.807) is 4.68 Å². The van der Waals surface area contributed by atoms with Crippen molar-refractivity contribution in [3.8, 4) is 11.4 Å². The third-order valence-electron chi connectivity index (χ3n) is 4.14. The predicted octanol–water partition coefficient (Wildman–Crippen LogP) is 3.80. The monoisotopic (exact) mass is 397 g/mol. The summed E-state index contributed by atoms with van der Waals surface area (Å²) in [6, 6.07) is 13.5. The minimum absolute atomic E-state index is 0.105. The molecule has 0 aliphatic carbocycles. The zero-order valence-electron chi connectivity index (χ0n) is 16.3. The van der Waals surface area contributed by atoms with Crippen LogP contribution in [-0.4, -0.2) is 38.0 Å². The third-order valence-corrected chi connectivity index (χ3v) is 5.17. The Balaban J connectivity index is 1.77.